The zero-order valence-corrected chi connectivity index (χ0v) is 9.05. The first-order valence-corrected chi connectivity index (χ1v) is 4.92. The summed E-state index contributed by atoms with van der Waals surface area (Å²) in [5, 5.41) is 0. The molecule has 0 heterocycles. The van der Waals surface area contributed by atoms with Crippen LogP contribution in [0.25, 0.3) is 0 Å². The average molecular weight is 183 g/mol. The molecule has 0 aliphatic rings. The van der Waals surface area contributed by atoms with E-state index in [0.29, 0.717) is 6.04 Å². The Labute approximate surface area is 82.3 Å². The zero-order chi connectivity index (χ0) is 10.1. The van der Waals surface area contributed by atoms with Gasteiger partial charge in [0.2, 0.25) is 0 Å². The number of hydrogen-bond acceptors (Lipinski definition) is 2. The van der Waals surface area contributed by atoms with E-state index in [4.69, 9.17) is 11.2 Å². The van der Waals surface area contributed by atoms with E-state index in [2.05, 4.69) is 24.7 Å². The molecule has 1 atom stereocenters. The fourth-order valence-corrected chi connectivity index (χ4v) is 1.23. The molecule has 0 aromatic heterocycles. The minimum Gasteiger partial charge on any atom is -0.383 e. The molecule has 0 fully saturated rings. The molecule has 0 aromatic rings. The predicted molar refractivity (Wildman–Crippen MR) is 56.7 cm³/mol. The second kappa shape index (κ2) is 8.10. The Balaban J connectivity index is 3.80. The summed E-state index contributed by atoms with van der Waals surface area (Å²) in [6.45, 7) is 7.17. The predicted octanol–water partition coefficient (Wildman–Crippen LogP) is 1.76. The van der Waals surface area contributed by atoms with Gasteiger partial charge < -0.3 is 4.74 Å². The van der Waals surface area contributed by atoms with Gasteiger partial charge in [0.25, 0.3) is 0 Å². The number of hydrogen-bond donors (Lipinski definition) is 0. The fourth-order valence-electron chi connectivity index (χ4n) is 1.23. The Hall–Kier alpha value is -0.520. The van der Waals surface area contributed by atoms with Gasteiger partial charge in [-0.2, -0.15) is 0 Å². The van der Waals surface area contributed by atoms with Gasteiger partial charge in [0.15, 0.2) is 0 Å². The highest BCUT2D eigenvalue weighted by atomic mass is 16.5. The van der Waals surface area contributed by atoms with Crippen LogP contribution in [0.5, 0.6) is 0 Å². The van der Waals surface area contributed by atoms with Crippen LogP contribution in [0, 0.1) is 12.3 Å². The van der Waals surface area contributed by atoms with Crippen molar-refractivity contribution in [3.8, 4) is 12.3 Å². The maximum Gasteiger partial charge on any atom is 0.0589 e. The molecule has 0 spiro atoms. The third kappa shape index (κ3) is 5.68. The van der Waals surface area contributed by atoms with E-state index in [1.807, 2.05) is 0 Å². The normalized spacial score (nSPS) is 12.8. The molecule has 0 rings (SSSR count). The van der Waals surface area contributed by atoms with E-state index in [0.717, 1.165) is 32.5 Å². The highest BCUT2D eigenvalue weighted by Crippen LogP contribution is 2.03. The number of nitrogens with zero attached hydrogens (tertiary/aromatic N) is 1. The van der Waals surface area contributed by atoms with Gasteiger partial charge in [0.1, 0.15) is 0 Å². The van der Waals surface area contributed by atoms with E-state index >= 15 is 0 Å². The van der Waals surface area contributed by atoms with Crippen LogP contribution in [0.1, 0.15) is 26.7 Å². The molecule has 0 aliphatic carbocycles. The van der Waals surface area contributed by atoms with Crippen molar-refractivity contribution in [3.05, 3.63) is 0 Å². The van der Waals surface area contributed by atoms with E-state index < -0.39 is 0 Å². The first kappa shape index (κ1) is 12.5. The summed E-state index contributed by atoms with van der Waals surface area (Å²) in [6, 6.07) is 0.600. The lowest BCUT2D eigenvalue weighted by Gasteiger charge is -2.27. The Morgan fingerprint density at radius 3 is 2.62 bits per heavy atom. The van der Waals surface area contributed by atoms with Crippen molar-refractivity contribution in [1.29, 1.82) is 0 Å². The highest BCUT2D eigenvalue weighted by molar-refractivity contribution is 4.85. The van der Waals surface area contributed by atoms with Gasteiger partial charge in [0.05, 0.1) is 6.61 Å². The minimum atomic E-state index is 0.600. The van der Waals surface area contributed by atoms with Crippen molar-refractivity contribution in [2.75, 3.05) is 26.8 Å². The molecule has 76 valence electrons. The van der Waals surface area contributed by atoms with Gasteiger partial charge in [0, 0.05) is 32.7 Å². The van der Waals surface area contributed by atoms with Crippen molar-refractivity contribution in [3.63, 3.8) is 0 Å². The van der Waals surface area contributed by atoms with Crippen LogP contribution in [-0.2, 0) is 4.74 Å². The van der Waals surface area contributed by atoms with Crippen LogP contribution >= 0.6 is 0 Å². The molecule has 0 N–H and O–H groups in total. The van der Waals surface area contributed by atoms with Crippen LogP contribution in [0.4, 0.5) is 0 Å². The van der Waals surface area contributed by atoms with Crippen LogP contribution in [0.3, 0.4) is 0 Å². The lowest BCUT2D eigenvalue weighted by Crippen LogP contribution is -2.36. The smallest absolute Gasteiger partial charge is 0.0589 e. The SMILES string of the molecule is C#CCCN(CCOC)C(C)CC. The molecule has 0 aromatic carbocycles. The van der Waals surface area contributed by atoms with Crippen molar-refractivity contribution < 1.29 is 4.74 Å². The van der Waals surface area contributed by atoms with Gasteiger partial charge in [-0.1, -0.05) is 6.92 Å². The third-order valence-corrected chi connectivity index (χ3v) is 2.34. The maximum atomic E-state index is 5.24. The summed E-state index contributed by atoms with van der Waals surface area (Å²) >= 11 is 0. The third-order valence-electron chi connectivity index (χ3n) is 2.34. The van der Waals surface area contributed by atoms with Crippen LogP contribution < -0.4 is 0 Å². The Morgan fingerprint density at radius 2 is 2.15 bits per heavy atom. The standard InChI is InChI=1S/C11H21NO/c1-5-7-8-12(9-10-13-4)11(3)6-2/h1,11H,6-10H2,2-4H3. The molecule has 2 nitrogen and oxygen atoms in total. The lowest BCUT2D eigenvalue weighted by molar-refractivity contribution is 0.125. The van der Waals surface area contributed by atoms with Crippen molar-refractivity contribution in [2.45, 2.75) is 32.7 Å². The summed E-state index contributed by atoms with van der Waals surface area (Å²) in [7, 11) is 1.73. The molecule has 0 aliphatic heterocycles. The van der Waals surface area contributed by atoms with Crippen LogP contribution in [0.15, 0.2) is 0 Å². The minimum absolute atomic E-state index is 0.600. The summed E-state index contributed by atoms with van der Waals surface area (Å²) in [5.74, 6) is 2.67. The number of methoxy groups -OCH3 is 1. The van der Waals surface area contributed by atoms with E-state index in [1.54, 1.807) is 7.11 Å². The molecule has 0 bridgehead atoms. The van der Waals surface area contributed by atoms with Crippen molar-refractivity contribution in [1.82, 2.24) is 4.90 Å². The summed E-state index contributed by atoms with van der Waals surface area (Å²) in [5.41, 5.74) is 0. The molecule has 0 amide bonds. The molecule has 2 heteroatoms. The Morgan fingerprint density at radius 1 is 1.46 bits per heavy atom. The van der Waals surface area contributed by atoms with Crippen molar-refractivity contribution in [2.24, 2.45) is 0 Å². The second-order valence-electron chi connectivity index (χ2n) is 3.24. The van der Waals surface area contributed by atoms with E-state index in [-0.39, 0.29) is 0 Å². The van der Waals surface area contributed by atoms with Crippen LogP contribution in [-0.4, -0.2) is 37.7 Å². The van der Waals surface area contributed by atoms with Crippen LogP contribution in [0.2, 0.25) is 0 Å². The number of terminal acetylenes is 1. The molecular weight excluding hydrogens is 162 g/mol. The van der Waals surface area contributed by atoms with Gasteiger partial charge in [-0.3, -0.25) is 4.90 Å². The zero-order valence-electron chi connectivity index (χ0n) is 9.05. The molecule has 0 radical (unpaired) electrons. The Kier molecular flexibility index (Phi) is 7.77. The maximum absolute atomic E-state index is 5.24. The van der Waals surface area contributed by atoms with Gasteiger partial charge >= 0.3 is 0 Å². The molecule has 13 heavy (non-hydrogen) atoms. The van der Waals surface area contributed by atoms with Gasteiger partial charge in [-0.15, -0.1) is 12.3 Å². The summed E-state index contributed by atoms with van der Waals surface area (Å²) in [6.07, 6.45) is 7.23. The first-order chi connectivity index (χ1) is 6.26. The first-order valence-electron chi connectivity index (χ1n) is 4.92. The monoisotopic (exact) mass is 183 g/mol. The number of rotatable bonds is 7. The average Bonchev–Trinajstić information content (AvgIpc) is 2.17. The largest absolute Gasteiger partial charge is 0.383 e. The molecule has 0 saturated heterocycles. The molecule has 0 saturated carbocycles. The summed E-state index contributed by atoms with van der Waals surface area (Å²) < 4.78 is 5.05. The van der Waals surface area contributed by atoms with Gasteiger partial charge in [-0.25, -0.2) is 0 Å². The van der Waals surface area contributed by atoms with Crippen molar-refractivity contribution >= 4 is 0 Å². The molecule has 1 unspecified atom stereocenters. The van der Waals surface area contributed by atoms with E-state index in [9.17, 15) is 0 Å². The Bertz CT molecular complexity index is 151. The summed E-state index contributed by atoms with van der Waals surface area (Å²) in [4.78, 5) is 2.38. The quantitative estimate of drug-likeness (QED) is 0.558. The van der Waals surface area contributed by atoms with Gasteiger partial charge in [-0.05, 0) is 13.3 Å². The second-order valence-corrected chi connectivity index (χ2v) is 3.24. The molecular formula is C11H21NO. The lowest BCUT2D eigenvalue weighted by atomic mass is 10.2. The fraction of sp³-hybridized carbons (Fsp3) is 0.818. The van der Waals surface area contributed by atoms with E-state index in [1.165, 1.54) is 0 Å². The highest BCUT2D eigenvalue weighted by Gasteiger charge is 2.10. The topological polar surface area (TPSA) is 12.5 Å². The number of ether oxygens (including phenoxy) is 1.